The number of ether oxygens (including phenoxy) is 1. The standard InChI is InChI=1S/C17H20N4O2/c22-17(21-10-15(11-21)19-14-5-8-23-12-14)13-3-4-16(18-9-13)20-6-1-2-7-20/h1-4,6-7,9,14-15,19H,5,8,10-12H2. The number of likely N-dealkylation sites (tertiary alicyclic amines) is 1. The Morgan fingerprint density at radius 1 is 1.22 bits per heavy atom. The van der Waals surface area contributed by atoms with Crippen molar-refractivity contribution in [1.29, 1.82) is 0 Å². The molecule has 0 bridgehead atoms. The van der Waals surface area contributed by atoms with Gasteiger partial charge in [-0.3, -0.25) is 4.79 Å². The number of pyridine rings is 1. The van der Waals surface area contributed by atoms with Gasteiger partial charge in [-0.05, 0) is 30.7 Å². The number of amides is 1. The van der Waals surface area contributed by atoms with Gasteiger partial charge in [-0.2, -0.15) is 0 Å². The summed E-state index contributed by atoms with van der Waals surface area (Å²) in [6.45, 7) is 3.14. The first-order valence-corrected chi connectivity index (χ1v) is 8.02. The average molecular weight is 312 g/mol. The lowest BCUT2D eigenvalue weighted by atomic mass is 10.1. The van der Waals surface area contributed by atoms with Crippen LogP contribution < -0.4 is 5.32 Å². The molecule has 1 atom stereocenters. The summed E-state index contributed by atoms with van der Waals surface area (Å²) in [5, 5.41) is 3.54. The molecule has 4 rings (SSSR count). The Balaban J connectivity index is 1.33. The van der Waals surface area contributed by atoms with Crippen LogP contribution in [0.15, 0.2) is 42.9 Å². The fourth-order valence-corrected chi connectivity index (χ4v) is 3.08. The minimum atomic E-state index is 0.0530. The molecule has 0 aliphatic carbocycles. The number of nitrogens with zero attached hydrogens (tertiary/aromatic N) is 3. The first-order valence-electron chi connectivity index (χ1n) is 8.02. The third-order valence-corrected chi connectivity index (χ3v) is 4.43. The van der Waals surface area contributed by atoms with Crippen molar-refractivity contribution in [3.8, 4) is 5.82 Å². The molecule has 120 valence electrons. The smallest absolute Gasteiger partial charge is 0.255 e. The molecular formula is C17H20N4O2. The lowest BCUT2D eigenvalue weighted by molar-refractivity contribution is 0.0548. The molecule has 0 saturated carbocycles. The Kier molecular flexibility index (Phi) is 3.85. The molecule has 2 aromatic rings. The van der Waals surface area contributed by atoms with E-state index >= 15 is 0 Å². The van der Waals surface area contributed by atoms with Crippen molar-refractivity contribution in [2.75, 3.05) is 26.3 Å². The number of carbonyl (C=O) groups excluding carboxylic acids is 1. The monoisotopic (exact) mass is 312 g/mol. The summed E-state index contributed by atoms with van der Waals surface area (Å²) in [7, 11) is 0. The third kappa shape index (κ3) is 3.00. The molecule has 2 saturated heterocycles. The lowest BCUT2D eigenvalue weighted by Gasteiger charge is -2.41. The van der Waals surface area contributed by atoms with Crippen LogP contribution in [0.1, 0.15) is 16.8 Å². The maximum atomic E-state index is 12.4. The number of hydrogen-bond acceptors (Lipinski definition) is 4. The molecule has 0 radical (unpaired) electrons. The number of nitrogens with one attached hydrogen (secondary N) is 1. The highest BCUT2D eigenvalue weighted by molar-refractivity contribution is 5.94. The van der Waals surface area contributed by atoms with E-state index in [-0.39, 0.29) is 5.91 Å². The van der Waals surface area contributed by atoms with Crippen LogP contribution in [0.5, 0.6) is 0 Å². The quantitative estimate of drug-likeness (QED) is 0.918. The van der Waals surface area contributed by atoms with Crippen LogP contribution in [0.2, 0.25) is 0 Å². The van der Waals surface area contributed by atoms with Crippen LogP contribution >= 0.6 is 0 Å². The molecule has 0 spiro atoms. The second kappa shape index (κ2) is 6.14. The van der Waals surface area contributed by atoms with Crippen molar-refractivity contribution < 1.29 is 9.53 Å². The highest BCUT2D eigenvalue weighted by Crippen LogP contribution is 2.16. The SMILES string of the molecule is O=C(c1ccc(-n2cccc2)nc1)N1CC(NC2CCOC2)C1. The van der Waals surface area contributed by atoms with E-state index < -0.39 is 0 Å². The van der Waals surface area contributed by atoms with Gasteiger partial charge in [0.15, 0.2) is 0 Å². The lowest BCUT2D eigenvalue weighted by Crippen LogP contribution is -2.61. The minimum absolute atomic E-state index is 0.0530. The van der Waals surface area contributed by atoms with Gasteiger partial charge >= 0.3 is 0 Å². The van der Waals surface area contributed by atoms with Crippen LogP contribution in [0.3, 0.4) is 0 Å². The van der Waals surface area contributed by atoms with Gasteiger partial charge in [0, 0.05) is 50.4 Å². The summed E-state index contributed by atoms with van der Waals surface area (Å²) < 4.78 is 7.28. The van der Waals surface area contributed by atoms with E-state index in [1.165, 1.54) is 0 Å². The summed E-state index contributed by atoms with van der Waals surface area (Å²) in [5.74, 6) is 0.869. The average Bonchev–Trinajstić information content (AvgIpc) is 3.23. The van der Waals surface area contributed by atoms with Gasteiger partial charge in [0.25, 0.3) is 5.91 Å². The number of rotatable bonds is 4. The Bertz CT molecular complexity index is 656. The zero-order valence-electron chi connectivity index (χ0n) is 12.9. The van der Waals surface area contributed by atoms with Gasteiger partial charge in [-0.1, -0.05) is 0 Å². The van der Waals surface area contributed by atoms with Crippen LogP contribution in [-0.4, -0.2) is 58.7 Å². The number of carbonyl (C=O) groups is 1. The fourth-order valence-electron chi connectivity index (χ4n) is 3.08. The molecule has 2 aliphatic heterocycles. The van der Waals surface area contributed by atoms with Crippen molar-refractivity contribution in [2.45, 2.75) is 18.5 Å². The Morgan fingerprint density at radius 3 is 2.70 bits per heavy atom. The molecule has 0 aromatic carbocycles. The van der Waals surface area contributed by atoms with E-state index in [4.69, 9.17) is 4.74 Å². The molecule has 2 aromatic heterocycles. The predicted molar refractivity (Wildman–Crippen MR) is 85.6 cm³/mol. The van der Waals surface area contributed by atoms with Gasteiger partial charge in [-0.15, -0.1) is 0 Å². The largest absolute Gasteiger partial charge is 0.380 e. The predicted octanol–water partition coefficient (Wildman–Crippen LogP) is 1.08. The van der Waals surface area contributed by atoms with Gasteiger partial charge in [0.05, 0.1) is 12.2 Å². The molecule has 2 aliphatic rings. The topological polar surface area (TPSA) is 59.4 Å². The van der Waals surface area contributed by atoms with Crippen molar-refractivity contribution in [2.24, 2.45) is 0 Å². The molecule has 6 heteroatoms. The summed E-state index contributed by atoms with van der Waals surface area (Å²) in [5.41, 5.74) is 0.642. The van der Waals surface area contributed by atoms with Gasteiger partial charge < -0.3 is 19.5 Å². The van der Waals surface area contributed by atoms with E-state index in [9.17, 15) is 4.79 Å². The Hall–Kier alpha value is -2.18. The van der Waals surface area contributed by atoms with Gasteiger partial charge in [0.1, 0.15) is 5.82 Å². The zero-order chi connectivity index (χ0) is 15.6. The molecular weight excluding hydrogens is 292 g/mol. The highest BCUT2D eigenvalue weighted by Gasteiger charge is 2.33. The van der Waals surface area contributed by atoms with E-state index in [2.05, 4.69) is 10.3 Å². The number of aromatic nitrogens is 2. The van der Waals surface area contributed by atoms with Crippen molar-refractivity contribution in [3.05, 3.63) is 48.4 Å². The highest BCUT2D eigenvalue weighted by atomic mass is 16.5. The van der Waals surface area contributed by atoms with Crippen LogP contribution in [0.25, 0.3) is 5.82 Å². The summed E-state index contributed by atoms with van der Waals surface area (Å²) in [6.07, 6.45) is 6.59. The Labute approximate surface area is 135 Å². The van der Waals surface area contributed by atoms with E-state index in [0.717, 1.165) is 38.5 Å². The van der Waals surface area contributed by atoms with Gasteiger partial charge in [0.2, 0.25) is 0 Å². The maximum Gasteiger partial charge on any atom is 0.255 e. The first-order chi connectivity index (χ1) is 11.3. The fraction of sp³-hybridized carbons (Fsp3) is 0.412. The van der Waals surface area contributed by atoms with Crippen molar-refractivity contribution in [1.82, 2.24) is 19.8 Å². The van der Waals surface area contributed by atoms with E-state index in [1.54, 1.807) is 6.20 Å². The van der Waals surface area contributed by atoms with Crippen LogP contribution in [0.4, 0.5) is 0 Å². The molecule has 23 heavy (non-hydrogen) atoms. The van der Waals surface area contributed by atoms with E-state index in [1.807, 2.05) is 46.1 Å². The van der Waals surface area contributed by atoms with Crippen molar-refractivity contribution >= 4 is 5.91 Å². The molecule has 4 heterocycles. The molecule has 1 amide bonds. The minimum Gasteiger partial charge on any atom is -0.380 e. The van der Waals surface area contributed by atoms with E-state index in [0.29, 0.717) is 17.6 Å². The second-order valence-electron chi connectivity index (χ2n) is 6.13. The van der Waals surface area contributed by atoms with Gasteiger partial charge in [-0.25, -0.2) is 4.98 Å². The molecule has 2 fully saturated rings. The molecule has 1 N–H and O–H groups in total. The third-order valence-electron chi connectivity index (χ3n) is 4.43. The van der Waals surface area contributed by atoms with Crippen LogP contribution in [-0.2, 0) is 4.74 Å². The molecule has 6 nitrogen and oxygen atoms in total. The Morgan fingerprint density at radius 2 is 2.04 bits per heavy atom. The normalized spacial score (nSPS) is 21.4. The molecule has 1 unspecified atom stereocenters. The number of hydrogen-bond donors (Lipinski definition) is 1. The maximum absolute atomic E-state index is 12.4. The zero-order valence-corrected chi connectivity index (χ0v) is 12.9. The van der Waals surface area contributed by atoms with Crippen LogP contribution in [0, 0.1) is 0 Å². The van der Waals surface area contributed by atoms with Crippen molar-refractivity contribution in [3.63, 3.8) is 0 Å². The summed E-state index contributed by atoms with van der Waals surface area (Å²) in [6, 6.07) is 8.44. The summed E-state index contributed by atoms with van der Waals surface area (Å²) >= 11 is 0. The summed E-state index contributed by atoms with van der Waals surface area (Å²) in [4.78, 5) is 18.7. The first kappa shape index (κ1) is 14.4. The second-order valence-corrected chi connectivity index (χ2v) is 6.13.